The molecule has 0 radical (unpaired) electrons. The van der Waals surface area contributed by atoms with E-state index in [-0.39, 0.29) is 30.1 Å². The first-order valence-corrected chi connectivity index (χ1v) is 9.81. The minimum atomic E-state index is -0.640. The molecule has 0 unspecified atom stereocenters. The minimum Gasteiger partial charge on any atom is -0.497 e. The maximum absolute atomic E-state index is 13.2. The van der Waals surface area contributed by atoms with Gasteiger partial charge in [-0.25, -0.2) is 4.39 Å². The molecule has 0 spiro atoms. The van der Waals surface area contributed by atoms with Crippen molar-refractivity contribution in [2.75, 3.05) is 7.11 Å². The molecule has 0 aliphatic carbocycles. The van der Waals surface area contributed by atoms with E-state index in [0.29, 0.717) is 12.1 Å². The molecule has 0 heterocycles. The normalized spacial score (nSPS) is 12.7. The number of amides is 2. The highest BCUT2D eigenvalue weighted by molar-refractivity contribution is 5.88. The van der Waals surface area contributed by atoms with Crippen molar-refractivity contribution in [3.05, 3.63) is 65.5 Å². The van der Waals surface area contributed by atoms with Crippen molar-refractivity contribution in [1.82, 2.24) is 10.2 Å². The average molecular weight is 400 g/mol. The third-order valence-electron chi connectivity index (χ3n) is 4.95. The zero-order valence-corrected chi connectivity index (χ0v) is 17.4. The number of rotatable bonds is 9. The molecule has 0 saturated heterocycles. The largest absolute Gasteiger partial charge is 0.497 e. The summed E-state index contributed by atoms with van der Waals surface area (Å²) in [7, 11) is 1.59. The minimum absolute atomic E-state index is 0.0278. The highest BCUT2D eigenvalue weighted by Gasteiger charge is 2.26. The van der Waals surface area contributed by atoms with Gasteiger partial charge < -0.3 is 15.0 Å². The van der Waals surface area contributed by atoms with E-state index in [1.54, 1.807) is 31.1 Å². The van der Waals surface area contributed by atoms with Crippen molar-refractivity contribution in [3.8, 4) is 5.75 Å². The van der Waals surface area contributed by atoms with Crippen LogP contribution < -0.4 is 10.1 Å². The van der Waals surface area contributed by atoms with E-state index in [9.17, 15) is 14.0 Å². The standard InChI is InChI=1S/C23H29FN2O3/c1-5-16(2)25-23(28)17(3)26(15-19-8-12-21(29-4)13-9-19)22(27)14-18-6-10-20(24)11-7-18/h6-13,16-17H,5,14-15H2,1-4H3,(H,25,28)/t16-,17-/m0/s1. The summed E-state index contributed by atoms with van der Waals surface area (Å²) in [5, 5.41) is 2.94. The van der Waals surface area contributed by atoms with Gasteiger partial charge in [0.1, 0.15) is 17.6 Å². The Hall–Kier alpha value is -2.89. The molecule has 0 bridgehead atoms. The van der Waals surface area contributed by atoms with Gasteiger partial charge in [-0.1, -0.05) is 31.2 Å². The Morgan fingerprint density at radius 3 is 2.17 bits per heavy atom. The zero-order chi connectivity index (χ0) is 21.4. The van der Waals surface area contributed by atoms with Crippen molar-refractivity contribution in [1.29, 1.82) is 0 Å². The van der Waals surface area contributed by atoms with Gasteiger partial charge in [-0.05, 0) is 55.7 Å². The molecular weight excluding hydrogens is 371 g/mol. The molecule has 5 nitrogen and oxygen atoms in total. The second-order valence-corrected chi connectivity index (χ2v) is 7.17. The highest BCUT2D eigenvalue weighted by atomic mass is 19.1. The fourth-order valence-corrected chi connectivity index (χ4v) is 2.85. The summed E-state index contributed by atoms with van der Waals surface area (Å²) in [5.74, 6) is -0.0161. The molecule has 0 fully saturated rings. The first-order chi connectivity index (χ1) is 13.8. The van der Waals surface area contributed by atoms with E-state index in [2.05, 4.69) is 5.32 Å². The number of carbonyl (C=O) groups is 2. The number of nitrogens with one attached hydrogen (secondary N) is 1. The molecule has 0 saturated carbocycles. The van der Waals surface area contributed by atoms with Crippen LogP contribution in [0.1, 0.15) is 38.3 Å². The highest BCUT2D eigenvalue weighted by Crippen LogP contribution is 2.16. The number of carbonyl (C=O) groups excluding carboxylic acids is 2. The first kappa shape index (κ1) is 22.4. The van der Waals surface area contributed by atoms with Crippen LogP contribution in [0.5, 0.6) is 5.75 Å². The lowest BCUT2D eigenvalue weighted by atomic mass is 10.1. The zero-order valence-electron chi connectivity index (χ0n) is 17.4. The summed E-state index contributed by atoms with van der Waals surface area (Å²) in [6.07, 6.45) is 0.901. The van der Waals surface area contributed by atoms with E-state index < -0.39 is 6.04 Å². The van der Waals surface area contributed by atoms with Gasteiger partial charge in [0, 0.05) is 12.6 Å². The summed E-state index contributed by atoms with van der Waals surface area (Å²) >= 11 is 0. The number of halogens is 1. The second kappa shape index (κ2) is 10.6. The Morgan fingerprint density at radius 1 is 1.03 bits per heavy atom. The van der Waals surface area contributed by atoms with E-state index >= 15 is 0 Å². The summed E-state index contributed by atoms with van der Waals surface area (Å²) in [4.78, 5) is 27.3. The van der Waals surface area contributed by atoms with Crippen LogP contribution in [0.4, 0.5) is 4.39 Å². The van der Waals surface area contributed by atoms with Crippen LogP contribution in [-0.2, 0) is 22.6 Å². The fourth-order valence-electron chi connectivity index (χ4n) is 2.85. The number of nitrogens with zero attached hydrogens (tertiary/aromatic N) is 1. The molecule has 2 amide bonds. The Kier molecular flexibility index (Phi) is 8.19. The molecule has 0 aromatic heterocycles. The SMILES string of the molecule is CC[C@H](C)NC(=O)[C@H](C)N(Cc1ccc(OC)cc1)C(=O)Cc1ccc(F)cc1. The summed E-state index contributed by atoms with van der Waals surface area (Å²) in [6, 6.07) is 12.6. The van der Waals surface area contributed by atoms with Gasteiger partial charge in [0.05, 0.1) is 13.5 Å². The predicted octanol–water partition coefficient (Wildman–Crippen LogP) is 3.71. The van der Waals surface area contributed by atoms with Gasteiger partial charge in [0.25, 0.3) is 0 Å². The maximum atomic E-state index is 13.2. The second-order valence-electron chi connectivity index (χ2n) is 7.17. The molecular formula is C23H29FN2O3. The van der Waals surface area contributed by atoms with Gasteiger partial charge in [-0.2, -0.15) is 0 Å². The Bertz CT molecular complexity index is 806. The van der Waals surface area contributed by atoms with Gasteiger partial charge >= 0.3 is 0 Å². The van der Waals surface area contributed by atoms with Crippen LogP contribution in [-0.4, -0.2) is 35.9 Å². The molecule has 2 aromatic rings. The lowest BCUT2D eigenvalue weighted by Crippen LogP contribution is -2.49. The van der Waals surface area contributed by atoms with Crippen LogP contribution in [0.25, 0.3) is 0 Å². The number of methoxy groups -OCH3 is 1. The number of hydrogen-bond donors (Lipinski definition) is 1. The van der Waals surface area contributed by atoms with Gasteiger partial charge in [0.15, 0.2) is 0 Å². The topological polar surface area (TPSA) is 58.6 Å². The lowest BCUT2D eigenvalue weighted by molar-refractivity contribution is -0.140. The average Bonchev–Trinajstić information content (AvgIpc) is 2.73. The lowest BCUT2D eigenvalue weighted by Gasteiger charge is -2.30. The van der Waals surface area contributed by atoms with Crippen LogP contribution in [0, 0.1) is 5.82 Å². The van der Waals surface area contributed by atoms with Crippen LogP contribution in [0.2, 0.25) is 0 Å². The Balaban J connectivity index is 2.21. The molecule has 2 atom stereocenters. The molecule has 2 rings (SSSR count). The first-order valence-electron chi connectivity index (χ1n) is 9.81. The van der Waals surface area contributed by atoms with Gasteiger partial charge in [0.2, 0.25) is 11.8 Å². The van der Waals surface area contributed by atoms with Gasteiger partial charge in [-0.15, -0.1) is 0 Å². The smallest absolute Gasteiger partial charge is 0.242 e. The van der Waals surface area contributed by atoms with Crippen LogP contribution in [0.15, 0.2) is 48.5 Å². The molecule has 1 N–H and O–H groups in total. The molecule has 156 valence electrons. The number of ether oxygens (including phenoxy) is 1. The van der Waals surface area contributed by atoms with E-state index in [4.69, 9.17) is 4.74 Å². The Morgan fingerprint density at radius 2 is 1.62 bits per heavy atom. The van der Waals surface area contributed by atoms with Crippen molar-refractivity contribution >= 4 is 11.8 Å². The molecule has 0 aliphatic rings. The Labute approximate surface area is 171 Å². The maximum Gasteiger partial charge on any atom is 0.242 e. The van der Waals surface area contributed by atoms with Crippen molar-refractivity contribution in [2.24, 2.45) is 0 Å². The summed E-state index contributed by atoms with van der Waals surface area (Å²) in [6.45, 7) is 5.94. The summed E-state index contributed by atoms with van der Waals surface area (Å²) < 4.78 is 18.3. The third-order valence-corrected chi connectivity index (χ3v) is 4.95. The predicted molar refractivity (Wildman–Crippen MR) is 111 cm³/mol. The van der Waals surface area contributed by atoms with Gasteiger partial charge in [-0.3, -0.25) is 9.59 Å². The quantitative estimate of drug-likeness (QED) is 0.698. The van der Waals surface area contributed by atoms with Crippen molar-refractivity contribution in [3.63, 3.8) is 0 Å². The summed E-state index contributed by atoms with van der Waals surface area (Å²) in [5.41, 5.74) is 1.59. The number of hydrogen-bond acceptors (Lipinski definition) is 3. The monoisotopic (exact) mass is 400 g/mol. The molecule has 6 heteroatoms. The van der Waals surface area contributed by atoms with Crippen molar-refractivity contribution in [2.45, 2.75) is 52.2 Å². The van der Waals surface area contributed by atoms with Crippen LogP contribution in [0.3, 0.4) is 0 Å². The van der Waals surface area contributed by atoms with E-state index in [1.807, 2.05) is 38.1 Å². The van der Waals surface area contributed by atoms with Crippen LogP contribution >= 0.6 is 0 Å². The molecule has 0 aliphatic heterocycles. The van der Waals surface area contributed by atoms with E-state index in [1.165, 1.54) is 12.1 Å². The third kappa shape index (κ3) is 6.59. The fraction of sp³-hybridized carbons (Fsp3) is 0.391. The van der Waals surface area contributed by atoms with E-state index in [0.717, 1.165) is 17.7 Å². The number of benzene rings is 2. The molecule has 29 heavy (non-hydrogen) atoms. The molecule has 2 aromatic carbocycles. The van der Waals surface area contributed by atoms with Crippen molar-refractivity contribution < 1.29 is 18.7 Å².